The topological polar surface area (TPSA) is 9.23 Å². The predicted molar refractivity (Wildman–Crippen MR) is 156 cm³/mol. The average Bonchev–Trinajstić information content (AvgIpc) is 3.48. The van der Waals surface area contributed by atoms with Crippen molar-refractivity contribution in [1.29, 1.82) is 0 Å². The van der Waals surface area contributed by atoms with E-state index in [9.17, 15) is 0 Å². The first-order valence-corrected chi connectivity index (χ1v) is 16.4. The molecule has 7 atom stereocenters. The van der Waals surface area contributed by atoms with E-state index in [4.69, 9.17) is 11.3 Å². The van der Waals surface area contributed by atoms with Gasteiger partial charge < -0.3 is 4.74 Å². The van der Waals surface area contributed by atoms with E-state index in [0.29, 0.717) is 12.0 Å². The Kier molecular flexibility index (Phi) is 10.3. The van der Waals surface area contributed by atoms with Gasteiger partial charge >= 0.3 is 0 Å². The zero-order valence-corrected chi connectivity index (χ0v) is 25.0. The van der Waals surface area contributed by atoms with Crippen molar-refractivity contribution in [3.8, 4) is 0 Å². The maximum absolute atomic E-state index is 6.31. The van der Waals surface area contributed by atoms with Gasteiger partial charge in [0.15, 0.2) is 0 Å². The minimum Gasteiger partial charge on any atom is -0.381 e. The Balaban J connectivity index is 1.69. The second-order valence-electron chi connectivity index (χ2n) is 13.8. The SMILES string of the molecule is C=C1/C(=C(/CCCC)C(C)C)CC2C3CCC(C3)C2C1C1CC(CCCC)C(OC)C(CCCC)C1. The summed E-state index contributed by atoms with van der Waals surface area (Å²) in [6.07, 6.45) is 21.2. The second kappa shape index (κ2) is 13.0. The molecule has 0 amide bonds. The molecule has 0 aromatic heterocycles. The number of fused-ring (bicyclic) bond motifs is 5. The van der Waals surface area contributed by atoms with Gasteiger partial charge in [0.1, 0.15) is 0 Å². The van der Waals surface area contributed by atoms with Gasteiger partial charge in [0.05, 0.1) is 6.10 Å². The molecule has 4 saturated carbocycles. The van der Waals surface area contributed by atoms with Crippen LogP contribution in [0, 0.1) is 53.3 Å². The van der Waals surface area contributed by atoms with Gasteiger partial charge in [-0.1, -0.05) is 78.9 Å². The lowest BCUT2D eigenvalue weighted by Crippen LogP contribution is -2.46. The highest BCUT2D eigenvalue weighted by atomic mass is 16.5. The number of allylic oxidation sites excluding steroid dienone is 3. The summed E-state index contributed by atoms with van der Waals surface area (Å²) in [5.41, 5.74) is 5.16. The van der Waals surface area contributed by atoms with Crippen LogP contribution in [-0.4, -0.2) is 13.2 Å². The van der Waals surface area contributed by atoms with Crippen LogP contribution in [0.1, 0.15) is 131 Å². The predicted octanol–water partition coefficient (Wildman–Crippen LogP) is 10.4. The molecule has 0 aliphatic heterocycles. The van der Waals surface area contributed by atoms with Gasteiger partial charge in [-0.2, -0.15) is 0 Å². The first-order chi connectivity index (χ1) is 17.4. The second-order valence-corrected chi connectivity index (χ2v) is 13.8. The van der Waals surface area contributed by atoms with Crippen LogP contribution in [0.3, 0.4) is 0 Å². The van der Waals surface area contributed by atoms with Crippen molar-refractivity contribution in [2.75, 3.05) is 7.11 Å². The average molecular weight is 497 g/mol. The van der Waals surface area contributed by atoms with Gasteiger partial charge in [0.25, 0.3) is 0 Å². The maximum atomic E-state index is 6.31. The number of rotatable bonds is 12. The zero-order valence-electron chi connectivity index (χ0n) is 25.0. The van der Waals surface area contributed by atoms with E-state index in [1.807, 2.05) is 7.11 Å². The third-order valence-corrected chi connectivity index (χ3v) is 11.5. The fourth-order valence-electron chi connectivity index (χ4n) is 9.91. The van der Waals surface area contributed by atoms with Gasteiger partial charge in [0.2, 0.25) is 0 Å². The Morgan fingerprint density at radius 2 is 1.47 bits per heavy atom. The summed E-state index contributed by atoms with van der Waals surface area (Å²) in [6.45, 7) is 17.0. The van der Waals surface area contributed by atoms with Crippen LogP contribution < -0.4 is 0 Å². The Bertz CT molecular complexity index is 728. The molecule has 0 heterocycles. The maximum Gasteiger partial charge on any atom is 0.0627 e. The van der Waals surface area contributed by atoms with Crippen molar-refractivity contribution in [1.82, 2.24) is 0 Å². The normalized spacial score (nSPS) is 39.6. The molecule has 1 heteroatoms. The first kappa shape index (κ1) is 28.4. The zero-order chi connectivity index (χ0) is 25.8. The molecule has 4 fully saturated rings. The number of hydrogen-bond acceptors (Lipinski definition) is 1. The molecule has 0 aromatic carbocycles. The lowest BCUT2D eigenvalue weighted by atomic mass is 9.54. The minimum atomic E-state index is 0.484. The van der Waals surface area contributed by atoms with Crippen LogP contribution >= 0.6 is 0 Å². The molecule has 4 aliphatic rings. The molecule has 206 valence electrons. The summed E-state index contributed by atoms with van der Waals surface area (Å²) in [7, 11) is 2.01. The molecule has 7 unspecified atom stereocenters. The third-order valence-electron chi connectivity index (χ3n) is 11.5. The highest BCUT2D eigenvalue weighted by molar-refractivity contribution is 5.41. The summed E-state index contributed by atoms with van der Waals surface area (Å²) in [5.74, 6) is 7.62. The summed E-state index contributed by atoms with van der Waals surface area (Å²) in [6, 6.07) is 0. The van der Waals surface area contributed by atoms with Crippen molar-refractivity contribution in [2.45, 2.75) is 137 Å². The van der Waals surface area contributed by atoms with E-state index < -0.39 is 0 Å². The summed E-state index contributed by atoms with van der Waals surface area (Å²) >= 11 is 0. The molecule has 4 rings (SSSR count). The van der Waals surface area contributed by atoms with Crippen LogP contribution in [0.25, 0.3) is 0 Å². The molecular formula is C35H60O. The van der Waals surface area contributed by atoms with Crippen LogP contribution in [0.15, 0.2) is 23.3 Å². The molecule has 4 aliphatic carbocycles. The molecule has 0 aromatic rings. The van der Waals surface area contributed by atoms with E-state index in [2.05, 4.69) is 34.6 Å². The van der Waals surface area contributed by atoms with Crippen molar-refractivity contribution in [3.63, 3.8) is 0 Å². The third kappa shape index (κ3) is 5.72. The van der Waals surface area contributed by atoms with Crippen LogP contribution in [0.4, 0.5) is 0 Å². The Morgan fingerprint density at radius 1 is 0.861 bits per heavy atom. The van der Waals surface area contributed by atoms with Gasteiger partial charge in [-0.05, 0) is 129 Å². The van der Waals surface area contributed by atoms with E-state index in [-0.39, 0.29) is 0 Å². The molecule has 0 N–H and O–H groups in total. The molecule has 2 bridgehead atoms. The number of ether oxygens (including phenoxy) is 1. The highest BCUT2D eigenvalue weighted by Gasteiger charge is 2.56. The van der Waals surface area contributed by atoms with Crippen molar-refractivity contribution in [2.24, 2.45) is 53.3 Å². The van der Waals surface area contributed by atoms with Gasteiger partial charge in [0, 0.05) is 7.11 Å². The van der Waals surface area contributed by atoms with Crippen molar-refractivity contribution >= 4 is 0 Å². The monoisotopic (exact) mass is 496 g/mol. The summed E-state index contributed by atoms with van der Waals surface area (Å²) < 4.78 is 6.31. The Labute approximate surface area is 225 Å². The molecule has 0 spiro atoms. The largest absolute Gasteiger partial charge is 0.381 e. The van der Waals surface area contributed by atoms with Crippen molar-refractivity contribution < 1.29 is 4.74 Å². The fraction of sp³-hybridized carbons (Fsp3) is 0.886. The minimum absolute atomic E-state index is 0.484. The molecular weight excluding hydrogens is 436 g/mol. The lowest BCUT2D eigenvalue weighted by molar-refractivity contribution is -0.0593. The van der Waals surface area contributed by atoms with Crippen LogP contribution in [0.2, 0.25) is 0 Å². The van der Waals surface area contributed by atoms with E-state index in [0.717, 1.165) is 47.3 Å². The molecule has 0 radical (unpaired) electrons. The Morgan fingerprint density at radius 3 is 2.03 bits per heavy atom. The van der Waals surface area contributed by atoms with Gasteiger partial charge in [-0.3, -0.25) is 0 Å². The number of hydrogen-bond donors (Lipinski definition) is 0. The van der Waals surface area contributed by atoms with Crippen LogP contribution in [0.5, 0.6) is 0 Å². The first-order valence-electron chi connectivity index (χ1n) is 16.4. The van der Waals surface area contributed by atoms with Gasteiger partial charge in [-0.15, -0.1) is 0 Å². The molecule has 36 heavy (non-hydrogen) atoms. The standard InChI is InChI=1S/C35H60O/c1-8-11-14-27-20-29(21-28(15-12-9-2)35(27)36-7)33-24(6)31(30(23(4)5)16-13-10-3)22-32-25-17-18-26(19-25)34(32)33/h23,25-29,32-35H,6,8-22H2,1-5,7H3/b31-30-. The van der Waals surface area contributed by atoms with Crippen LogP contribution in [-0.2, 0) is 4.74 Å². The quantitative estimate of drug-likeness (QED) is 0.261. The summed E-state index contributed by atoms with van der Waals surface area (Å²) in [5, 5.41) is 0. The highest BCUT2D eigenvalue weighted by Crippen LogP contribution is 2.64. The molecule has 0 saturated heterocycles. The van der Waals surface area contributed by atoms with Crippen molar-refractivity contribution in [3.05, 3.63) is 23.3 Å². The van der Waals surface area contributed by atoms with E-state index in [1.54, 1.807) is 16.7 Å². The molecule has 1 nitrogen and oxygen atoms in total. The Hall–Kier alpha value is -0.560. The van der Waals surface area contributed by atoms with E-state index in [1.165, 1.54) is 96.3 Å². The smallest absolute Gasteiger partial charge is 0.0627 e. The van der Waals surface area contributed by atoms with Gasteiger partial charge in [-0.25, -0.2) is 0 Å². The fourth-order valence-corrected chi connectivity index (χ4v) is 9.91. The summed E-state index contributed by atoms with van der Waals surface area (Å²) in [4.78, 5) is 0. The lowest BCUT2D eigenvalue weighted by Gasteiger charge is -2.51. The number of unbranched alkanes of at least 4 members (excludes halogenated alkanes) is 3. The van der Waals surface area contributed by atoms with E-state index >= 15 is 0 Å². The number of methoxy groups -OCH3 is 1.